The van der Waals surface area contributed by atoms with Crippen molar-refractivity contribution < 1.29 is 14.3 Å². The molecule has 0 aromatic carbocycles. The highest BCUT2D eigenvalue weighted by atomic mass is 16.5. The Labute approximate surface area is 86.2 Å². The van der Waals surface area contributed by atoms with Crippen LogP contribution < -0.4 is 0 Å². The van der Waals surface area contributed by atoms with Crippen LogP contribution in [0.1, 0.15) is 20.3 Å². The zero-order chi connectivity index (χ0) is 10.8. The van der Waals surface area contributed by atoms with Gasteiger partial charge >= 0.3 is 5.97 Å². The fourth-order valence-corrected chi connectivity index (χ4v) is 1.12. The summed E-state index contributed by atoms with van der Waals surface area (Å²) in [6.45, 7) is 8.08. The Morgan fingerprint density at radius 2 is 2.00 bits per heavy atom. The van der Waals surface area contributed by atoms with E-state index in [1.807, 2.05) is 6.92 Å². The third-order valence-electron chi connectivity index (χ3n) is 2.06. The Morgan fingerprint density at radius 3 is 2.50 bits per heavy atom. The zero-order valence-electron chi connectivity index (χ0n) is 9.41. The van der Waals surface area contributed by atoms with Crippen LogP contribution >= 0.6 is 0 Å². The topological polar surface area (TPSA) is 38.8 Å². The second-order valence-electron chi connectivity index (χ2n) is 2.96. The predicted octanol–water partition coefficient (Wildman–Crippen LogP) is 0.908. The number of likely N-dealkylation sites (N-methyl/N-ethyl adjacent to an activating group) is 1. The average Bonchev–Trinajstić information content (AvgIpc) is 2.22. The fourth-order valence-electron chi connectivity index (χ4n) is 1.12. The van der Waals surface area contributed by atoms with Crippen molar-refractivity contribution in [3.8, 4) is 0 Å². The molecule has 0 atom stereocenters. The molecule has 4 heteroatoms. The predicted molar refractivity (Wildman–Crippen MR) is 55.2 cm³/mol. The first-order valence-corrected chi connectivity index (χ1v) is 5.11. The molecule has 0 saturated heterocycles. The molecule has 14 heavy (non-hydrogen) atoms. The van der Waals surface area contributed by atoms with Gasteiger partial charge in [0.15, 0.2) is 0 Å². The van der Waals surface area contributed by atoms with E-state index in [4.69, 9.17) is 4.74 Å². The summed E-state index contributed by atoms with van der Waals surface area (Å²) in [6, 6.07) is 0. The summed E-state index contributed by atoms with van der Waals surface area (Å²) in [6.07, 6.45) is 0.455. The first-order chi connectivity index (χ1) is 6.74. The summed E-state index contributed by atoms with van der Waals surface area (Å²) in [5.41, 5.74) is 0. The van der Waals surface area contributed by atoms with Gasteiger partial charge in [-0.05, 0) is 13.5 Å². The van der Waals surface area contributed by atoms with Crippen molar-refractivity contribution in [1.29, 1.82) is 0 Å². The maximum absolute atomic E-state index is 10.9. The molecule has 84 valence electrons. The number of esters is 1. The van der Waals surface area contributed by atoms with Gasteiger partial charge in [-0.25, -0.2) is 0 Å². The van der Waals surface area contributed by atoms with Crippen molar-refractivity contribution in [3.05, 3.63) is 0 Å². The lowest BCUT2D eigenvalue weighted by molar-refractivity contribution is -0.141. The molecule has 0 aliphatic rings. The number of hydrogen-bond donors (Lipinski definition) is 0. The molecule has 0 unspecified atom stereocenters. The fraction of sp³-hybridized carbons (Fsp3) is 0.900. The van der Waals surface area contributed by atoms with Gasteiger partial charge in [-0.1, -0.05) is 6.92 Å². The van der Waals surface area contributed by atoms with Crippen LogP contribution in [0.3, 0.4) is 0 Å². The largest absolute Gasteiger partial charge is 0.469 e. The third kappa shape index (κ3) is 6.86. The standard InChI is InChI=1S/C10H21NO3/c1-4-11(8-9-14-5-2)7-6-10(12)13-3/h4-9H2,1-3H3. The summed E-state index contributed by atoms with van der Waals surface area (Å²) in [7, 11) is 1.42. The Bertz CT molecular complexity index is 150. The normalized spacial score (nSPS) is 10.6. The highest BCUT2D eigenvalue weighted by Gasteiger charge is 2.05. The first kappa shape index (κ1) is 13.4. The van der Waals surface area contributed by atoms with Crippen LogP contribution in [0.5, 0.6) is 0 Å². The summed E-state index contributed by atoms with van der Waals surface area (Å²) in [4.78, 5) is 13.1. The van der Waals surface area contributed by atoms with Gasteiger partial charge < -0.3 is 14.4 Å². The lowest BCUT2D eigenvalue weighted by Gasteiger charge is -2.19. The molecule has 0 spiro atoms. The molecule has 4 nitrogen and oxygen atoms in total. The molecule has 0 aliphatic heterocycles. The second-order valence-corrected chi connectivity index (χ2v) is 2.96. The Morgan fingerprint density at radius 1 is 1.29 bits per heavy atom. The lowest BCUT2D eigenvalue weighted by Crippen LogP contribution is -2.30. The van der Waals surface area contributed by atoms with E-state index in [0.29, 0.717) is 6.42 Å². The van der Waals surface area contributed by atoms with E-state index in [0.717, 1.165) is 32.8 Å². The third-order valence-corrected chi connectivity index (χ3v) is 2.06. The molecule has 0 radical (unpaired) electrons. The van der Waals surface area contributed by atoms with E-state index in [1.54, 1.807) is 0 Å². The molecule has 0 N–H and O–H groups in total. The van der Waals surface area contributed by atoms with Crippen molar-refractivity contribution in [2.24, 2.45) is 0 Å². The molecule has 0 fully saturated rings. The van der Waals surface area contributed by atoms with Crippen molar-refractivity contribution >= 4 is 5.97 Å². The van der Waals surface area contributed by atoms with E-state index in [1.165, 1.54) is 7.11 Å². The number of ether oxygens (including phenoxy) is 2. The van der Waals surface area contributed by atoms with Gasteiger partial charge in [0, 0.05) is 19.7 Å². The SMILES string of the molecule is CCOCCN(CC)CCC(=O)OC. The van der Waals surface area contributed by atoms with Crippen molar-refractivity contribution in [1.82, 2.24) is 4.90 Å². The van der Waals surface area contributed by atoms with Crippen LogP contribution in [0.15, 0.2) is 0 Å². The van der Waals surface area contributed by atoms with Gasteiger partial charge in [-0.3, -0.25) is 4.79 Å². The summed E-state index contributed by atoms with van der Waals surface area (Å²) < 4.78 is 9.82. The minimum Gasteiger partial charge on any atom is -0.469 e. The number of carbonyl (C=O) groups excluding carboxylic acids is 1. The molecular formula is C10H21NO3. The minimum atomic E-state index is -0.153. The zero-order valence-corrected chi connectivity index (χ0v) is 9.41. The lowest BCUT2D eigenvalue weighted by atomic mass is 10.3. The highest BCUT2D eigenvalue weighted by Crippen LogP contribution is 1.93. The van der Waals surface area contributed by atoms with E-state index < -0.39 is 0 Å². The van der Waals surface area contributed by atoms with Crippen LogP contribution in [-0.2, 0) is 14.3 Å². The van der Waals surface area contributed by atoms with E-state index in [2.05, 4.69) is 16.6 Å². The highest BCUT2D eigenvalue weighted by molar-refractivity contribution is 5.69. The molecule has 0 aromatic rings. The molecule has 0 rings (SSSR count). The van der Waals surface area contributed by atoms with Gasteiger partial charge in [0.2, 0.25) is 0 Å². The Hall–Kier alpha value is -0.610. The molecule has 0 aliphatic carbocycles. The number of rotatable bonds is 8. The van der Waals surface area contributed by atoms with Crippen LogP contribution in [-0.4, -0.2) is 50.8 Å². The van der Waals surface area contributed by atoms with Crippen LogP contribution in [0.25, 0.3) is 0 Å². The van der Waals surface area contributed by atoms with Crippen LogP contribution in [0.2, 0.25) is 0 Å². The number of hydrogen-bond acceptors (Lipinski definition) is 4. The van der Waals surface area contributed by atoms with Gasteiger partial charge in [-0.15, -0.1) is 0 Å². The van der Waals surface area contributed by atoms with Gasteiger partial charge in [-0.2, -0.15) is 0 Å². The molecule has 0 amide bonds. The molecule has 0 heterocycles. The van der Waals surface area contributed by atoms with Crippen molar-refractivity contribution in [2.75, 3.05) is 40.0 Å². The summed E-state index contributed by atoms with van der Waals surface area (Å²) >= 11 is 0. The van der Waals surface area contributed by atoms with Crippen LogP contribution in [0, 0.1) is 0 Å². The maximum Gasteiger partial charge on any atom is 0.306 e. The maximum atomic E-state index is 10.9. The van der Waals surface area contributed by atoms with E-state index >= 15 is 0 Å². The first-order valence-electron chi connectivity index (χ1n) is 5.11. The minimum absolute atomic E-state index is 0.153. The quantitative estimate of drug-likeness (QED) is 0.434. The Kier molecular flexibility index (Phi) is 8.57. The monoisotopic (exact) mass is 203 g/mol. The van der Waals surface area contributed by atoms with Gasteiger partial charge in [0.1, 0.15) is 0 Å². The van der Waals surface area contributed by atoms with Crippen molar-refractivity contribution in [2.45, 2.75) is 20.3 Å². The molecule has 0 saturated carbocycles. The molecular weight excluding hydrogens is 182 g/mol. The number of carbonyl (C=O) groups is 1. The summed E-state index contributed by atoms with van der Waals surface area (Å²) in [5.74, 6) is -0.153. The van der Waals surface area contributed by atoms with E-state index in [9.17, 15) is 4.79 Å². The number of nitrogens with zero attached hydrogens (tertiary/aromatic N) is 1. The van der Waals surface area contributed by atoms with Gasteiger partial charge in [0.25, 0.3) is 0 Å². The molecule has 0 aromatic heterocycles. The van der Waals surface area contributed by atoms with E-state index in [-0.39, 0.29) is 5.97 Å². The Balaban J connectivity index is 3.52. The van der Waals surface area contributed by atoms with Crippen LogP contribution in [0.4, 0.5) is 0 Å². The number of methoxy groups -OCH3 is 1. The average molecular weight is 203 g/mol. The van der Waals surface area contributed by atoms with Gasteiger partial charge in [0.05, 0.1) is 20.1 Å². The smallest absolute Gasteiger partial charge is 0.306 e. The van der Waals surface area contributed by atoms with Crippen molar-refractivity contribution in [3.63, 3.8) is 0 Å². The second kappa shape index (κ2) is 8.97. The molecule has 0 bridgehead atoms. The summed E-state index contributed by atoms with van der Waals surface area (Å²) in [5, 5.41) is 0.